The molecule has 0 saturated carbocycles. The largest absolute Gasteiger partial charge is 0.481 e. The van der Waals surface area contributed by atoms with Gasteiger partial charge < -0.3 is 5.11 Å². The Bertz CT molecular complexity index is 445. The summed E-state index contributed by atoms with van der Waals surface area (Å²) >= 11 is 3.95. The van der Waals surface area contributed by atoms with E-state index in [0.29, 0.717) is 9.47 Å². The van der Waals surface area contributed by atoms with Crippen molar-refractivity contribution in [2.75, 3.05) is 16.8 Å². The van der Waals surface area contributed by atoms with Crippen molar-refractivity contribution < 1.29 is 14.7 Å². The van der Waals surface area contributed by atoms with E-state index in [4.69, 9.17) is 5.11 Å². The third-order valence-electron chi connectivity index (χ3n) is 2.18. The van der Waals surface area contributed by atoms with Crippen LogP contribution in [0.1, 0.15) is 12.8 Å². The van der Waals surface area contributed by atoms with Crippen LogP contribution in [0.25, 0.3) is 0 Å². The number of carboxylic acid groups (broad SMARTS) is 1. The molecule has 2 N–H and O–H groups in total. The predicted octanol–water partition coefficient (Wildman–Crippen LogP) is 1.55. The summed E-state index contributed by atoms with van der Waals surface area (Å²) in [7, 11) is 0. The Morgan fingerprint density at radius 2 is 2.33 bits per heavy atom. The van der Waals surface area contributed by atoms with Crippen molar-refractivity contribution in [3.05, 3.63) is 0 Å². The summed E-state index contributed by atoms with van der Waals surface area (Å²) in [6.45, 7) is 0. The topological polar surface area (TPSA) is 92.2 Å². The monoisotopic (exact) mass is 305 g/mol. The number of aromatic nitrogens is 2. The van der Waals surface area contributed by atoms with Crippen LogP contribution in [-0.2, 0) is 9.59 Å². The lowest BCUT2D eigenvalue weighted by molar-refractivity contribution is -0.133. The summed E-state index contributed by atoms with van der Waals surface area (Å²) in [5.74, 6) is 0.0289. The average molecular weight is 305 g/mol. The normalized spacial score (nSPS) is 18.8. The van der Waals surface area contributed by atoms with Crippen LogP contribution < -0.4 is 5.32 Å². The molecule has 1 fully saturated rings. The zero-order chi connectivity index (χ0) is 13.0. The van der Waals surface area contributed by atoms with Crippen LogP contribution in [0.5, 0.6) is 0 Å². The van der Waals surface area contributed by atoms with Gasteiger partial charge in [0.05, 0.1) is 11.0 Å². The number of amides is 1. The van der Waals surface area contributed by atoms with Crippen LogP contribution in [-0.4, -0.2) is 43.9 Å². The van der Waals surface area contributed by atoms with Gasteiger partial charge in [-0.25, -0.2) is 0 Å². The van der Waals surface area contributed by atoms with Crippen molar-refractivity contribution in [1.29, 1.82) is 0 Å². The highest BCUT2D eigenvalue weighted by Crippen LogP contribution is 2.29. The summed E-state index contributed by atoms with van der Waals surface area (Å²) < 4.78 is 0.548. The van der Waals surface area contributed by atoms with Crippen molar-refractivity contribution in [1.82, 2.24) is 10.2 Å². The zero-order valence-corrected chi connectivity index (χ0v) is 11.7. The SMILES string of the molecule is O=C(O)CSc1nnc(NC(=O)C2CCCS2)s1. The van der Waals surface area contributed by atoms with Crippen molar-refractivity contribution in [2.45, 2.75) is 22.4 Å². The first-order valence-electron chi connectivity index (χ1n) is 5.25. The zero-order valence-electron chi connectivity index (χ0n) is 9.29. The minimum Gasteiger partial charge on any atom is -0.481 e. The molecule has 18 heavy (non-hydrogen) atoms. The molecule has 0 radical (unpaired) electrons. The van der Waals surface area contributed by atoms with Gasteiger partial charge in [-0.2, -0.15) is 0 Å². The van der Waals surface area contributed by atoms with E-state index in [1.807, 2.05) is 0 Å². The second kappa shape index (κ2) is 6.39. The number of carbonyl (C=O) groups is 2. The molecular formula is C9H11N3O3S3. The summed E-state index contributed by atoms with van der Waals surface area (Å²) in [6, 6.07) is 0. The number of aliphatic carboxylic acids is 1. The molecule has 0 aliphatic carbocycles. The summed E-state index contributed by atoms with van der Waals surface area (Å²) in [4.78, 5) is 22.2. The van der Waals surface area contributed by atoms with E-state index in [0.717, 1.165) is 30.4 Å². The fourth-order valence-electron chi connectivity index (χ4n) is 1.41. The van der Waals surface area contributed by atoms with Gasteiger partial charge in [0.25, 0.3) is 0 Å². The Kier molecular flexibility index (Phi) is 4.84. The molecule has 6 nitrogen and oxygen atoms in total. The molecule has 1 aromatic rings. The van der Waals surface area contributed by atoms with E-state index < -0.39 is 5.97 Å². The number of hydrogen-bond acceptors (Lipinski definition) is 7. The number of rotatable bonds is 5. The summed E-state index contributed by atoms with van der Waals surface area (Å²) in [6.07, 6.45) is 1.97. The van der Waals surface area contributed by atoms with Crippen molar-refractivity contribution >= 4 is 51.9 Å². The highest BCUT2D eigenvalue weighted by molar-refractivity contribution is 8.01. The Morgan fingerprint density at radius 3 is 3.00 bits per heavy atom. The van der Waals surface area contributed by atoms with E-state index in [-0.39, 0.29) is 16.9 Å². The molecule has 2 rings (SSSR count). The molecule has 0 bridgehead atoms. The van der Waals surface area contributed by atoms with E-state index in [2.05, 4.69) is 15.5 Å². The van der Waals surface area contributed by atoms with Gasteiger partial charge in [-0.1, -0.05) is 23.1 Å². The first-order valence-corrected chi connectivity index (χ1v) is 8.11. The first kappa shape index (κ1) is 13.6. The van der Waals surface area contributed by atoms with Crippen LogP contribution >= 0.6 is 34.9 Å². The van der Waals surface area contributed by atoms with Gasteiger partial charge in [0.1, 0.15) is 0 Å². The maximum atomic E-state index is 11.8. The Balaban J connectivity index is 1.85. The fraction of sp³-hybridized carbons (Fsp3) is 0.556. The number of hydrogen-bond donors (Lipinski definition) is 2. The molecule has 2 heterocycles. The quantitative estimate of drug-likeness (QED) is 0.630. The third kappa shape index (κ3) is 3.85. The van der Waals surface area contributed by atoms with Crippen molar-refractivity contribution in [3.63, 3.8) is 0 Å². The van der Waals surface area contributed by atoms with Gasteiger partial charge >= 0.3 is 5.97 Å². The van der Waals surface area contributed by atoms with Crippen LogP contribution in [0.4, 0.5) is 5.13 Å². The standard InChI is InChI=1S/C9H11N3O3S3/c13-6(14)4-17-9-12-11-8(18-9)10-7(15)5-2-1-3-16-5/h5H,1-4H2,(H,13,14)(H,10,11,15). The predicted molar refractivity (Wildman–Crippen MR) is 72.4 cm³/mol. The maximum absolute atomic E-state index is 11.8. The molecule has 1 aliphatic rings. The van der Waals surface area contributed by atoms with Gasteiger partial charge in [-0.3, -0.25) is 14.9 Å². The van der Waals surface area contributed by atoms with Gasteiger partial charge in [-0.15, -0.1) is 22.0 Å². The Morgan fingerprint density at radius 1 is 1.50 bits per heavy atom. The summed E-state index contributed by atoms with van der Waals surface area (Å²) in [5, 5.41) is 19.3. The minimum absolute atomic E-state index is 0.00372. The first-order chi connectivity index (χ1) is 8.65. The van der Waals surface area contributed by atoms with Crippen LogP contribution in [0, 0.1) is 0 Å². The average Bonchev–Trinajstić information content (AvgIpc) is 2.97. The molecule has 1 aliphatic heterocycles. The second-order valence-electron chi connectivity index (χ2n) is 3.55. The molecule has 1 saturated heterocycles. The van der Waals surface area contributed by atoms with Crippen molar-refractivity contribution in [2.24, 2.45) is 0 Å². The molecule has 9 heteroatoms. The minimum atomic E-state index is -0.900. The molecule has 1 unspecified atom stereocenters. The lowest BCUT2D eigenvalue weighted by atomic mass is 10.2. The molecule has 1 atom stereocenters. The highest BCUT2D eigenvalue weighted by atomic mass is 32.2. The van der Waals surface area contributed by atoms with Crippen LogP contribution in [0.3, 0.4) is 0 Å². The number of nitrogens with one attached hydrogen (secondary N) is 1. The van der Waals surface area contributed by atoms with E-state index in [1.165, 1.54) is 11.3 Å². The molecule has 0 aromatic carbocycles. The third-order valence-corrected chi connectivity index (χ3v) is 5.51. The van der Waals surface area contributed by atoms with Gasteiger partial charge in [0.15, 0.2) is 4.34 Å². The van der Waals surface area contributed by atoms with E-state index in [1.54, 1.807) is 11.8 Å². The molecule has 0 spiro atoms. The number of thioether (sulfide) groups is 2. The van der Waals surface area contributed by atoms with Gasteiger partial charge in [0.2, 0.25) is 11.0 Å². The molecule has 1 amide bonds. The van der Waals surface area contributed by atoms with E-state index >= 15 is 0 Å². The van der Waals surface area contributed by atoms with Gasteiger partial charge in [0, 0.05) is 0 Å². The number of carboxylic acids is 1. The number of anilines is 1. The lowest BCUT2D eigenvalue weighted by Gasteiger charge is -2.06. The van der Waals surface area contributed by atoms with Crippen molar-refractivity contribution in [3.8, 4) is 0 Å². The van der Waals surface area contributed by atoms with E-state index in [9.17, 15) is 9.59 Å². The highest BCUT2D eigenvalue weighted by Gasteiger charge is 2.24. The lowest BCUT2D eigenvalue weighted by Crippen LogP contribution is -2.22. The maximum Gasteiger partial charge on any atom is 0.313 e. The Labute approximate surface area is 116 Å². The number of carbonyl (C=O) groups excluding carboxylic acids is 1. The molecule has 98 valence electrons. The van der Waals surface area contributed by atoms with Crippen LogP contribution in [0.2, 0.25) is 0 Å². The fourth-order valence-corrected chi connectivity index (χ4v) is 4.05. The second-order valence-corrected chi connectivity index (χ2v) is 7.06. The molecular weight excluding hydrogens is 294 g/mol. The van der Waals surface area contributed by atoms with Gasteiger partial charge in [-0.05, 0) is 18.6 Å². The smallest absolute Gasteiger partial charge is 0.313 e. The molecule has 1 aromatic heterocycles. The number of nitrogens with zero attached hydrogens (tertiary/aromatic N) is 2. The summed E-state index contributed by atoms with van der Waals surface area (Å²) in [5.41, 5.74) is 0. The Hall–Kier alpha value is -0.800. The van der Waals surface area contributed by atoms with Crippen LogP contribution in [0.15, 0.2) is 4.34 Å².